The summed E-state index contributed by atoms with van der Waals surface area (Å²) >= 11 is 0. The fourth-order valence-corrected chi connectivity index (χ4v) is 0.798. The molecule has 60 valence electrons. The molecule has 0 amide bonds. The van der Waals surface area contributed by atoms with Gasteiger partial charge in [0.2, 0.25) is 0 Å². The van der Waals surface area contributed by atoms with Crippen molar-refractivity contribution in [1.82, 2.24) is 10.1 Å². The van der Waals surface area contributed by atoms with Crippen LogP contribution in [0, 0.1) is 0 Å². The van der Waals surface area contributed by atoms with Gasteiger partial charge in [0.15, 0.2) is 0 Å². The van der Waals surface area contributed by atoms with Gasteiger partial charge >= 0.3 is 0 Å². The number of pyridine rings is 1. The lowest BCUT2D eigenvalue weighted by Crippen LogP contribution is -2.11. The van der Waals surface area contributed by atoms with Crippen molar-refractivity contribution in [2.75, 3.05) is 6.54 Å². The number of hydrogen-bond donors (Lipinski definition) is 0. The SMILES string of the molecule is CCN(F)Cc1ccncc1. The van der Waals surface area contributed by atoms with Crippen molar-refractivity contribution >= 4 is 0 Å². The maximum atomic E-state index is 12.6. The summed E-state index contributed by atoms with van der Waals surface area (Å²) in [5.74, 6) is 0. The molecule has 0 aliphatic heterocycles. The highest BCUT2D eigenvalue weighted by Crippen LogP contribution is 2.01. The van der Waals surface area contributed by atoms with Gasteiger partial charge in [-0.15, -0.1) is 9.60 Å². The quantitative estimate of drug-likeness (QED) is 0.617. The van der Waals surface area contributed by atoms with Crippen molar-refractivity contribution in [2.45, 2.75) is 13.5 Å². The highest BCUT2D eigenvalue weighted by atomic mass is 19.2. The normalized spacial score (nSPS) is 10.5. The van der Waals surface area contributed by atoms with Crippen LogP contribution in [0.5, 0.6) is 0 Å². The summed E-state index contributed by atoms with van der Waals surface area (Å²) in [5, 5.41) is 0.759. The van der Waals surface area contributed by atoms with Crippen LogP contribution in [0.4, 0.5) is 4.48 Å². The Bertz CT molecular complexity index is 201. The van der Waals surface area contributed by atoms with E-state index in [4.69, 9.17) is 0 Å². The molecule has 1 heterocycles. The molecule has 0 unspecified atom stereocenters. The van der Waals surface area contributed by atoms with Gasteiger partial charge in [0.1, 0.15) is 0 Å². The van der Waals surface area contributed by atoms with Crippen LogP contribution < -0.4 is 0 Å². The number of aromatic nitrogens is 1. The van der Waals surface area contributed by atoms with E-state index in [0.29, 0.717) is 13.1 Å². The van der Waals surface area contributed by atoms with Gasteiger partial charge in [0.25, 0.3) is 0 Å². The lowest BCUT2D eigenvalue weighted by Gasteiger charge is -2.07. The molecule has 3 heteroatoms. The number of halogens is 1. The zero-order chi connectivity index (χ0) is 8.10. The lowest BCUT2D eigenvalue weighted by atomic mass is 10.3. The van der Waals surface area contributed by atoms with E-state index in [9.17, 15) is 4.48 Å². The standard InChI is InChI=1S/C8H11FN2/c1-2-11(9)7-8-3-5-10-6-4-8/h3-6H,2,7H2,1H3. The van der Waals surface area contributed by atoms with Crippen LogP contribution in [0.3, 0.4) is 0 Å². The molecule has 0 saturated carbocycles. The molecule has 0 spiro atoms. The van der Waals surface area contributed by atoms with E-state index in [-0.39, 0.29) is 0 Å². The van der Waals surface area contributed by atoms with E-state index in [1.165, 1.54) is 0 Å². The van der Waals surface area contributed by atoms with Crippen molar-refractivity contribution in [3.05, 3.63) is 30.1 Å². The Labute approximate surface area is 65.6 Å². The monoisotopic (exact) mass is 154 g/mol. The first-order valence-corrected chi connectivity index (χ1v) is 3.62. The van der Waals surface area contributed by atoms with Crippen molar-refractivity contribution < 1.29 is 4.48 Å². The van der Waals surface area contributed by atoms with Crippen LogP contribution in [0.1, 0.15) is 12.5 Å². The Kier molecular flexibility index (Phi) is 2.98. The second kappa shape index (κ2) is 4.03. The first kappa shape index (κ1) is 8.14. The van der Waals surface area contributed by atoms with Gasteiger partial charge in [0.05, 0.1) is 6.54 Å². The Morgan fingerprint density at radius 2 is 2.09 bits per heavy atom. The maximum absolute atomic E-state index is 12.6. The molecule has 0 saturated heterocycles. The van der Waals surface area contributed by atoms with E-state index in [1.807, 2.05) is 12.1 Å². The second-order valence-corrected chi connectivity index (χ2v) is 2.29. The molecule has 0 N–H and O–H groups in total. The number of rotatable bonds is 3. The fourth-order valence-electron chi connectivity index (χ4n) is 0.798. The fraction of sp³-hybridized carbons (Fsp3) is 0.375. The van der Waals surface area contributed by atoms with Crippen LogP contribution in [-0.4, -0.2) is 16.7 Å². The average Bonchev–Trinajstić information content (AvgIpc) is 2.06. The molecular weight excluding hydrogens is 143 g/mol. The van der Waals surface area contributed by atoms with Gasteiger partial charge in [-0.05, 0) is 24.6 Å². The van der Waals surface area contributed by atoms with E-state index in [0.717, 1.165) is 10.7 Å². The Morgan fingerprint density at radius 3 is 2.64 bits per heavy atom. The second-order valence-electron chi connectivity index (χ2n) is 2.29. The highest BCUT2D eigenvalue weighted by molar-refractivity contribution is 5.08. The van der Waals surface area contributed by atoms with Gasteiger partial charge in [-0.2, -0.15) is 0 Å². The summed E-state index contributed by atoms with van der Waals surface area (Å²) in [7, 11) is 0. The molecule has 0 fully saturated rings. The molecule has 0 bridgehead atoms. The van der Waals surface area contributed by atoms with Crippen molar-refractivity contribution in [3.63, 3.8) is 0 Å². The third-order valence-corrected chi connectivity index (χ3v) is 1.45. The van der Waals surface area contributed by atoms with Crippen LogP contribution in [0.2, 0.25) is 0 Å². The van der Waals surface area contributed by atoms with E-state index >= 15 is 0 Å². The van der Waals surface area contributed by atoms with Gasteiger partial charge < -0.3 is 0 Å². The Morgan fingerprint density at radius 1 is 1.45 bits per heavy atom. The van der Waals surface area contributed by atoms with Gasteiger partial charge in [-0.1, -0.05) is 0 Å². The summed E-state index contributed by atoms with van der Waals surface area (Å²) in [6.07, 6.45) is 3.33. The predicted molar refractivity (Wildman–Crippen MR) is 41.4 cm³/mol. The third kappa shape index (κ3) is 2.63. The molecule has 1 rings (SSSR count). The summed E-state index contributed by atoms with van der Waals surface area (Å²) in [6, 6.07) is 3.62. The molecule has 0 aliphatic rings. The maximum Gasteiger partial charge on any atom is 0.0541 e. The molecule has 0 aromatic carbocycles. The first-order valence-electron chi connectivity index (χ1n) is 3.62. The van der Waals surface area contributed by atoms with Crippen LogP contribution in [-0.2, 0) is 6.54 Å². The molecule has 1 aromatic heterocycles. The van der Waals surface area contributed by atoms with Crippen LogP contribution in [0.15, 0.2) is 24.5 Å². The Hall–Kier alpha value is -0.960. The predicted octanol–water partition coefficient (Wildman–Crippen LogP) is 1.79. The molecule has 1 aromatic rings. The summed E-state index contributed by atoms with van der Waals surface area (Å²) in [4.78, 5) is 3.84. The van der Waals surface area contributed by atoms with E-state index < -0.39 is 0 Å². The number of hydrogen-bond acceptors (Lipinski definition) is 2. The molecule has 0 atom stereocenters. The van der Waals surface area contributed by atoms with Crippen molar-refractivity contribution in [1.29, 1.82) is 0 Å². The molecule has 11 heavy (non-hydrogen) atoms. The third-order valence-electron chi connectivity index (χ3n) is 1.45. The minimum Gasteiger partial charge on any atom is -0.265 e. The highest BCUT2D eigenvalue weighted by Gasteiger charge is 1.98. The molecule has 0 radical (unpaired) electrons. The lowest BCUT2D eigenvalue weighted by molar-refractivity contribution is 0.0224. The minimum atomic E-state index is 0.346. The van der Waals surface area contributed by atoms with Gasteiger partial charge in [-0.25, -0.2) is 0 Å². The number of nitrogens with zero attached hydrogens (tertiary/aromatic N) is 2. The topological polar surface area (TPSA) is 16.1 Å². The smallest absolute Gasteiger partial charge is 0.0541 e. The van der Waals surface area contributed by atoms with Gasteiger partial charge in [-0.3, -0.25) is 4.98 Å². The van der Waals surface area contributed by atoms with E-state index in [1.54, 1.807) is 19.3 Å². The van der Waals surface area contributed by atoms with Crippen molar-refractivity contribution in [3.8, 4) is 0 Å². The zero-order valence-electron chi connectivity index (χ0n) is 6.50. The summed E-state index contributed by atoms with van der Waals surface area (Å²) in [5.41, 5.74) is 0.948. The minimum absolute atomic E-state index is 0.346. The molecule has 0 aliphatic carbocycles. The first-order chi connectivity index (χ1) is 5.33. The Balaban J connectivity index is 2.51. The average molecular weight is 154 g/mol. The van der Waals surface area contributed by atoms with Crippen LogP contribution in [0.25, 0.3) is 0 Å². The van der Waals surface area contributed by atoms with E-state index in [2.05, 4.69) is 4.98 Å². The van der Waals surface area contributed by atoms with Crippen molar-refractivity contribution in [2.24, 2.45) is 0 Å². The molecule has 2 nitrogen and oxygen atoms in total. The largest absolute Gasteiger partial charge is 0.265 e. The van der Waals surface area contributed by atoms with Gasteiger partial charge in [0, 0.05) is 18.9 Å². The zero-order valence-corrected chi connectivity index (χ0v) is 6.50. The molecular formula is C8H11FN2. The summed E-state index contributed by atoms with van der Waals surface area (Å²) in [6.45, 7) is 2.54. The van der Waals surface area contributed by atoms with Crippen LogP contribution >= 0.6 is 0 Å². The summed E-state index contributed by atoms with van der Waals surface area (Å²) < 4.78 is 12.6.